The Morgan fingerprint density at radius 1 is 0.969 bits per heavy atom. The van der Waals surface area contributed by atoms with Crippen LogP contribution in [0.15, 0.2) is 53.5 Å². The maximum atomic E-state index is 5.70. The lowest BCUT2D eigenvalue weighted by molar-refractivity contribution is -0.0528. The number of piperazine rings is 1. The highest BCUT2D eigenvalue weighted by molar-refractivity contribution is 5.99. The SMILES string of the molecule is COc1ccccc1[C@@H]1NC2=NCN(N3CCN(C)CC3)CN2c2nc3ccccc3n21. The molecule has 3 aromatic rings. The molecule has 9 nitrogen and oxygen atoms in total. The average Bonchev–Trinajstić information content (AvgIpc) is 3.24. The Morgan fingerprint density at radius 2 is 1.75 bits per heavy atom. The molecule has 32 heavy (non-hydrogen) atoms. The molecule has 0 radical (unpaired) electrons. The first-order valence-corrected chi connectivity index (χ1v) is 11.1. The number of likely N-dealkylation sites (N-methyl/N-ethyl adjacent to an activating group) is 1. The molecule has 0 amide bonds. The van der Waals surface area contributed by atoms with Gasteiger partial charge in [-0.15, -0.1) is 0 Å². The zero-order valence-corrected chi connectivity index (χ0v) is 18.5. The van der Waals surface area contributed by atoms with Gasteiger partial charge < -0.3 is 15.0 Å². The van der Waals surface area contributed by atoms with Crippen LogP contribution in [0, 0.1) is 0 Å². The summed E-state index contributed by atoms with van der Waals surface area (Å²) in [6.45, 7) is 5.53. The van der Waals surface area contributed by atoms with E-state index in [-0.39, 0.29) is 6.17 Å². The van der Waals surface area contributed by atoms with Gasteiger partial charge in [-0.2, -0.15) is 0 Å². The lowest BCUT2D eigenvalue weighted by Gasteiger charge is -2.46. The fourth-order valence-corrected chi connectivity index (χ4v) is 4.82. The third kappa shape index (κ3) is 3.12. The van der Waals surface area contributed by atoms with Crippen LogP contribution in [-0.4, -0.2) is 84.1 Å². The number of aliphatic imine (C=N–C) groups is 1. The van der Waals surface area contributed by atoms with Crippen molar-refractivity contribution in [3.05, 3.63) is 54.1 Å². The van der Waals surface area contributed by atoms with Crippen LogP contribution in [0.25, 0.3) is 11.0 Å². The summed E-state index contributed by atoms with van der Waals surface area (Å²) in [5.41, 5.74) is 3.12. The Bertz CT molecular complexity index is 1170. The molecular weight excluding hydrogens is 404 g/mol. The van der Waals surface area contributed by atoms with Crippen LogP contribution >= 0.6 is 0 Å². The fourth-order valence-electron chi connectivity index (χ4n) is 4.82. The minimum absolute atomic E-state index is 0.154. The zero-order chi connectivity index (χ0) is 21.7. The number of aromatic nitrogens is 2. The maximum Gasteiger partial charge on any atom is 0.216 e. The van der Waals surface area contributed by atoms with Crippen molar-refractivity contribution in [2.45, 2.75) is 6.17 Å². The largest absolute Gasteiger partial charge is 0.496 e. The molecule has 0 unspecified atom stereocenters. The van der Waals surface area contributed by atoms with Crippen LogP contribution in [-0.2, 0) is 0 Å². The van der Waals surface area contributed by atoms with E-state index in [2.05, 4.69) is 61.0 Å². The standard InChI is InChI=1S/C23H28N8O/c1-27-11-13-28(14-12-27)29-15-24-22-26-21(17-7-3-6-10-20(17)32-2)31-19-9-5-4-8-18(19)25-23(31)30(22)16-29/h3-10,21H,11-16H2,1-2H3,(H,24,26)/t21-/m1/s1. The van der Waals surface area contributed by atoms with Gasteiger partial charge in [0.2, 0.25) is 11.9 Å². The van der Waals surface area contributed by atoms with Gasteiger partial charge >= 0.3 is 0 Å². The van der Waals surface area contributed by atoms with E-state index in [1.54, 1.807) is 7.11 Å². The molecule has 1 saturated heterocycles. The Labute approximate surface area is 187 Å². The summed E-state index contributed by atoms with van der Waals surface area (Å²) in [5.74, 6) is 2.60. The van der Waals surface area contributed by atoms with Gasteiger partial charge in [0.1, 0.15) is 18.6 Å². The van der Waals surface area contributed by atoms with Crippen molar-refractivity contribution in [1.29, 1.82) is 0 Å². The van der Waals surface area contributed by atoms with Crippen molar-refractivity contribution < 1.29 is 4.74 Å². The van der Waals surface area contributed by atoms with Gasteiger partial charge in [0.25, 0.3) is 0 Å². The second kappa shape index (κ2) is 7.77. The van der Waals surface area contributed by atoms with Crippen LogP contribution < -0.4 is 15.0 Å². The predicted octanol–water partition coefficient (Wildman–Crippen LogP) is 1.75. The molecule has 2 aromatic carbocycles. The number of fused-ring (bicyclic) bond motifs is 5. The summed E-state index contributed by atoms with van der Waals surface area (Å²) < 4.78 is 7.96. The Hall–Kier alpha value is -3.14. The molecular formula is C23H28N8O. The normalized spacial score (nSPS) is 22.2. The topological polar surface area (TPSA) is 64.4 Å². The number of methoxy groups -OCH3 is 1. The number of nitrogens with zero attached hydrogens (tertiary/aromatic N) is 7. The quantitative estimate of drug-likeness (QED) is 0.677. The molecule has 0 saturated carbocycles. The lowest BCUT2D eigenvalue weighted by atomic mass is 10.1. The molecule has 0 spiro atoms. The minimum Gasteiger partial charge on any atom is -0.496 e. The number of nitrogens with one attached hydrogen (secondary N) is 1. The molecule has 1 fully saturated rings. The van der Waals surface area contributed by atoms with Crippen molar-refractivity contribution in [1.82, 2.24) is 29.8 Å². The molecule has 0 bridgehead atoms. The van der Waals surface area contributed by atoms with Gasteiger partial charge in [-0.25, -0.2) is 20.0 Å². The number of hydrogen-bond donors (Lipinski definition) is 1. The first kappa shape index (κ1) is 19.5. The van der Waals surface area contributed by atoms with Crippen molar-refractivity contribution in [2.24, 2.45) is 4.99 Å². The van der Waals surface area contributed by atoms with E-state index in [4.69, 9.17) is 14.7 Å². The first-order chi connectivity index (χ1) is 15.7. The zero-order valence-electron chi connectivity index (χ0n) is 18.5. The van der Waals surface area contributed by atoms with E-state index in [1.807, 2.05) is 24.3 Å². The van der Waals surface area contributed by atoms with Crippen LogP contribution in [0.2, 0.25) is 0 Å². The number of guanidine groups is 1. The Morgan fingerprint density at radius 3 is 2.59 bits per heavy atom. The summed E-state index contributed by atoms with van der Waals surface area (Å²) >= 11 is 0. The Kier molecular flexibility index (Phi) is 4.74. The molecule has 3 aliphatic heterocycles. The molecule has 1 aromatic heterocycles. The minimum atomic E-state index is -0.154. The monoisotopic (exact) mass is 432 g/mol. The van der Waals surface area contributed by atoms with Gasteiger partial charge in [0.05, 0.1) is 24.8 Å². The van der Waals surface area contributed by atoms with E-state index >= 15 is 0 Å². The average molecular weight is 433 g/mol. The van der Waals surface area contributed by atoms with E-state index < -0.39 is 0 Å². The smallest absolute Gasteiger partial charge is 0.216 e. The summed E-state index contributed by atoms with van der Waals surface area (Å²) in [5, 5.41) is 8.42. The van der Waals surface area contributed by atoms with E-state index in [1.165, 1.54) is 0 Å². The molecule has 6 rings (SSSR count). The van der Waals surface area contributed by atoms with Crippen molar-refractivity contribution in [2.75, 3.05) is 58.6 Å². The molecule has 9 heteroatoms. The second-order valence-corrected chi connectivity index (χ2v) is 8.52. The van der Waals surface area contributed by atoms with Gasteiger partial charge in [0, 0.05) is 31.7 Å². The van der Waals surface area contributed by atoms with Crippen molar-refractivity contribution in [3.63, 3.8) is 0 Å². The van der Waals surface area contributed by atoms with Crippen molar-refractivity contribution in [3.8, 4) is 5.75 Å². The highest BCUT2D eigenvalue weighted by atomic mass is 16.5. The third-order valence-electron chi connectivity index (χ3n) is 6.60. The highest BCUT2D eigenvalue weighted by Gasteiger charge is 2.38. The number of rotatable bonds is 3. The van der Waals surface area contributed by atoms with Crippen LogP contribution in [0.4, 0.5) is 5.95 Å². The maximum absolute atomic E-state index is 5.70. The number of hydrogen-bond acceptors (Lipinski definition) is 8. The molecule has 1 atom stereocenters. The number of ether oxygens (including phenoxy) is 1. The lowest BCUT2D eigenvalue weighted by Crippen LogP contribution is -2.62. The van der Waals surface area contributed by atoms with Crippen LogP contribution in [0.3, 0.4) is 0 Å². The highest BCUT2D eigenvalue weighted by Crippen LogP contribution is 2.36. The van der Waals surface area contributed by atoms with Gasteiger partial charge in [0.15, 0.2) is 0 Å². The van der Waals surface area contributed by atoms with Crippen molar-refractivity contribution >= 4 is 22.9 Å². The Balaban J connectivity index is 1.43. The number of benzene rings is 2. The summed E-state index contributed by atoms with van der Waals surface area (Å²) in [6, 6.07) is 16.4. The number of imidazole rings is 1. The molecule has 166 valence electrons. The van der Waals surface area contributed by atoms with Gasteiger partial charge in [-0.3, -0.25) is 9.47 Å². The van der Waals surface area contributed by atoms with Gasteiger partial charge in [-0.05, 0) is 25.2 Å². The molecule has 1 N–H and O–H groups in total. The third-order valence-corrected chi connectivity index (χ3v) is 6.60. The molecule has 0 aliphatic carbocycles. The summed E-state index contributed by atoms with van der Waals surface area (Å²) in [7, 11) is 3.89. The van der Waals surface area contributed by atoms with E-state index in [0.29, 0.717) is 6.67 Å². The number of hydrazine groups is 1. The number of para-hydroxylation sites is 3. The van der Waals surface area contributed by atoms with Crippen LogP contribution in [0.5, 0.6) is 5.75 Å². The van der Waals surface area contributed by atoms with Crippen LogP contribution in [0.1, 0.15) is 11.7 Å². The first-order valence-electron chi connectivity index (χ1n) is 11.1. The number of anilines is 1. The van der Waals surface area contributed by atoms with E-state index in [0.717, 1.165) is 67.1 Å². The van der Waals surface area contributed by atoms with Gasteiger partial charge in [-0.1, -0.05) is 30.3 Å². The molecule has 3 aliphatic rings. The van der Waals surface area contributed by atoms with E-state index in [9.17, 15) is 0 Å². The summed E-state index contributed by atoms with van der Waals surface area (Å²) in [6.07, 6.45) is -0.154. The summed E-state index contributed by atoms with van der Waals surface area (Å²) in [4.78, 5) is 14.5. The molecule has 4 heterocycles. The fraction of sp³-hybridized carbons (Fsp3) is 0.391. The second-order valence-electron chi connectivity index (χ2n) is 8.52. The predicted molar refractivity (Wildman–Crippen MR) is 125 cm³/mol.